The van der Waals surface area contributed by atoms with Crippen LogP contribution in [0.3, 0.4) is 0 Å². The minimum absolute atomic E-state index is 0.134. The standard InChI is InChI=1S/C21H18ClN3O3S/c1-25-19-18(16(10-17(27)23-19)13-4-8-15(26)9-5-13)20(28)24-21(25)29-11-12-2-6-14(22)7-3-12/h2-9,16,26H,10-11H2,1H3,(H,23,27). The maximum absolute atomic E-state index is 12.9. The second kappa shape index (κ2) is 7.93. The van der Waals surface area contributed by atoms with Gasteiger partial charge in [-0.05, 0) is 35.4 Å². The summed E-state index contributed by atoms with van der Waals surface area (Å²) in [6.07, 6.45) is 0.159. The number of amides is 1. The SMILES string of the molecule is Cn1c(SCc2ccc(Cl)cc2)nc(=O)c2c1NC(=O)CC2c1ccc(O)cc1. The van der Waals surface area contributed by atoms with Crippen LogP contribution in [0.15, 0.2) is 58.5 Å². The molecule has 2 N–H and O–H groups in total. The molecule has 0 radical (unpaired) electrons. The van der Waals surface area contributed by atoms with Gasteiger partial charge in [0.15, 0.2) is 5.16 Å². The first-order valence-corrected chi connectivity index (χ1v) is 10.4. The molecule has 4 rings (SSSR count). The lowest BCUT2D eigenvalue weighted by molar-refractivity contribution is -0.116. The van der Waals surface area contributed by atoms with Crippen LogP contribution < -0.4 is 10.9 Å². The van der Waals surface area contributed by atoms with Crippen molar-refractivity contribution in [2.75, 3.05) is 5.32 Å². The second-order valence-corrected chi connectivity index (χ2v) is 8.21. The topological polar surface area (TPSA) is 84.2 Å². The summed E-state index contributed by atoms with van der Waals surface area (Å²) in [6.45, 7) is 0. The van der Waals surface area contributed by atoms with Crippen LogP contribution in [0.1, 0.15) is 29.0 Å². The molecule has 1 atom stereocenters. The number of carbonyl (C=O) groups excluding carboxylic acids is 1. The normalized spacial score (nSPS) is 15.7. The van der Waals surface area contributed by atoms with E-state index in [1.54, 1.807) is 35.9 Å². The van der Waals surface area contributed by atoms with Gasteiger partial charge in [0.25, 0.3) is 5.56 Å². The minimum atomic E-state index is -0.402. The summed E-state index contributed by atoms with van der Waals surface area (Å²) in [5.74, 6) is 0.657. The molecule has 0 saturated heterocycles. The van der Waals surface area contributed by atoms with Crippen LogP contribution in [0.5, 0.6) is 5.75 Å². The summed E-state index contributed by atoms with van der Waals surface area (Å²) >= 11 is 7.34. The fourth-order valence-electron chi connectivity index (χ4n) is 3.38. The maximum atomic E-state index is 12.9. The van der Waals surface area contributed by atoms with E-state index in [0.29, 0.717) is 27.3 Å². The molecule has 0 fully saturated rings. The quantitative estimate of drug-likeness (QED) is 0.487. The lowest BCUT2D eigenvalue weighted by Gasteiger charge is -2.27. The monoisotopic (exact) mass is 427 g/mol. The molecular formula is C21H18ClN3O3S. The van der Waals surface area contributed by atoms with E-state index in [-0.39, 0.29) is 23.6 Å². The number of aromatic nitrogens is 2. The largest absolute Gasteiger partial charge is 0.508 e. The molecule has 8 heteroatoms. The summed E-state index contributed by atoms with van der Waals surface area (Å²) in [5.41, 5.74) is 1.96. The van der Waals surface area contributed by atoms with E-state index in [4.69, 9.17) is 11.6 Å². The molecule has 0 spiro atoms. The van der Waals surface area contributed by atoms with Gasteiger partial charge in [-0.15, -0.1) is 0 Å². The molecule has 6 nitrogen and oxygen atoms in total. The number of phenolic OH excluding ortho intramolecular Hbond substituents is 1. The molecule has 29 heavy (non-hydrogen) atoms. The zero-order chi connectivity index (χ0) is 20.5. The Bertz CT molecular complexity index is 1130. The number of rotatable bonds is 4. The number of anilines is 1. The van der Waals surface area contributed by atoms with Crippen molar-refractivity contribution >= 4 is 35.1 Å². The van der Waals surface area contributed by atoms with Crippen LogP contribution in [-0.2, 0) is 17.6 Å². The van der Waals surface area contributed by atoms with Crippen molar-refractivity contribution in [1.29, 1.82) is 0 Å². The molecule has 1 aliphatic rings. The summed E-state index contributed by atoms with van der Waals surface area (Å²) in [5, 5.41) is 13.6. The number of carbonyl (C=O) groups is 1. The Kier molecular flexibility index (Phi) is 5.34. The van der Waals surface area contributed by atoms with Crippen molar-refractivity contribution in [3.05, 3.63) is 80.6 Å². The summed E-state index contributed by atoms with van der Waals surface area (Å²) in [7, 11) is 1.79. The average molecular weight is 428 g/mol. The van der Waals surface area contributed by atoms with Gasteiger partial charge >= 0.3 is 0 Å². The summed E-state index contributed by atoms with van der Waals surface area (Å²) in [6, 6.07) is 14.0. The van der Waals surface area contributed by atoms with E-state index in [1.807, 2.05) is 24.3 Å². The van der Waals surface area contributed by atoms with Crippen molar-refractivity contribution in [3.63, 3.8) is 0 Å². The van der Waals surface area contributed by atoms with E-state index >= 15 is 0 Å². The van der Waals surface area contributed by atoms with Gasteiger partial charge in [-0.25, -0.2) is 0 Å². The van der Waals surface area contributed by atoms with Gasteiger partial charge in [-0.2, -0.15) is 4.98 Å². The molecule has 0 aliphatic carbocycles. The van der Waals surface area contributed by atoms with E-state index < -0.39 is 5.92 Å². The van der Waals surface area contributed by atoms with Crippen molar-refractivity contribution in [2.24, 2.45) is 7.05 Å². The Hall–Kier alpha value is -2.77. The molecule has 0 bridgehead atoms. The van der Waals surface area contributed by atoms with Gasteiger partial charge in [-0.1, -0.05) is 47.6 Å². The first kappa shape index (κ1) is 19.5. The fraction of sp³-hybridized carbons (Fsp3) is 0.190. The average Bonchev–Trinajstić information content (AvgIpc) is 2.70. The summed E-state index contributed by atoms with van der Waals surface area (Å²) < 4.78 is 1.75. The number of hydrogen-bond donors (Lipinski definition) is 2. The Labute approximate surface area is 176 Å². The fourth-order valence-corrected chi connectivity index (χ4v) is 4.43. The first-order valence-electron chi connectivity index (χ1n) is 8.99. The van der Waals surface area contributed by atoms with Gasteiger partial charge in [0, 0.05) is 30.2 Å². The zero-order valence-electron chi connectivity index (χ0n) is 15.6. The van der Waals surface area contributed by atoms with Crippen LogP contribution >= 0.6 is 23.4 Å². The van der Waals surface area contributed by atoms with Crippen LogP contribution in [-0.4, -0.2) is 20.6 Å². The maximum Gasteiger partial charge on any atom is 0.279 e. The van der Waals surface area contributed by atoms with Crippen LogP contribution in [0, 0.1) is 0 Å². The third-order valence-corrected chi connectivity index (χ3v) is 6.23. The molecule has 1 unspecified atom stereocenters. The number of aromatic hydroxyl groups is 1. The highest BCUT2D eigenvalue weighted by Crippen LogP contribution is 2.36. The van der Waals surface area contributed by atoms with Crippen LogP contribution in [0.4, 0.5) is 5.82 Å². The molecule has 1 amide bonds. The number of nitrogens with one attached hydrogen (secondary N) is 1. The van der Waals surface area contributed by atoms with E-state index in [0.717, 1.165) is 11.1 Å². The Balaban J connectivity index is 1.70. The predicted octanol–water partition coefficient (Wildman–Crippen LogP) is 3.91. The lowest BCUT2D eigenvalue weighted by Crippen LogP contribution is -2.33. The third kappa shape index (κ3) is 4.02. The van der Waals surface area contributed by atoms with Crippen molar-refractivity contribution in [1.82, 2.24) is 9.55 Å². The van der Waals surface area contributed by atoms with E-state index in [2.05, 4.69) is 10.3 Å². The zero-order valence-corrected chi connectivity index (χ0v) is 17.1. The van der Waals surface area contributed by atoms with Gasteiger partial charge < -0.3 is 15.0 Å². The molecule has 2 heterocycles. The number of hydrogen-bond acceptors (Lipinski definition) is 5. The van der Waals surface area contributed by atoms with Crippen molar-refractivity contribution in [2.45, 2.75) is 23.2 Å². The highest BCUT2D eigenvalue weighted by atomic mass is 35.5. The number of halogens is 1. The molecule has 3 aromatic rings. The Morgan fingerprint density at radius 2 is 1.86 bits per heavy atom. The number of fused-ring (bicyclic) bond motifs is 1. The second-order valence-electron chi connectivity index (χ2n) is 6.83. The highest BCUT2D eigenvalue weighted by Gasteiger charge is 2.32. The van der Waals surface area contributed by atoms with E-state index in [1.165, 1.54) is 11.8 Å². The van der Waals surface area contributed by atoms with Gasteiger partial charge in [0.1, 0.15) is 11.6 Å². The molecule has 0 saturated carbocycles. The number of thioether (sulfide) groups is 1. The smallest absolute Gasteiger partial charge is 0.279 e. The minimum Gasteiger partial charge on any atom is -0.508 e. The van der Waals surface area contributed by atoms with Crippen molar-refractivity contribution < 1.29 is 9.90 Å². The van der Waals surface area contributed by atoms with E-state index in [9.17, 15) is 14.7 Å². The molecule has 1 aromatic heterocycles. The third-order valence-electron chi connectivity index (χ3n) is 4.88. The molecule has 2 aromatic carbocycles. The molecule has 148 valence electrons. The molecular weight excluding hydrogens is 410 g/mol. The Morgan fingerprint density at radius 1 is 1.17 bits per heavy atom. The van der Waals surface area contributed by atoms with Gasteiger partial charge in [-0.3, -0.25) is 9.59 Å². The van der Waals surface area contributed by atoms with Gasteiger partial charge in [0.2, 0.25) is 5.91 Å². The number of phenols is 1. The first-order chi connectivity index (χ1) is 13.9. The van der Waals surface area contributed by atoms with Crippen LogP contribution in [0.2, 0.25) is 5.02 Å². The van der Waals surface area contributed by atoms with Gasteiger partial charge in [0.05, 0.1) is 5.56 Å². The van der Waals surface area contributed by atoms with Crippen LogP contribution in [0.25, 0.3) is 0 Å². The van der Waals surface area contributed by atoms with Crippen molar-refractivity contribution in [3.8, 4) is 5.75 Å². The predicted molar refractivity (Wildman–Crippen MR) is 114 cm³/mol. The highest BCUT2D eigenvalue weighted by molar-refractivity contribution is 7.98. The Morgan fingerprint density at radius 3 is 2.55 bits per heavy atom. The lowest BCUT2D eigenvalue weighted by atomic mass is 9.87. The molecule has 1 aliphatic heterocycles. The summed E-state index contributed by atoms with van der Waals surface area (Å²) in [4.78, 5) is 29.5. The number of benzene rings is 2. The number of nitrogens with zero attached hydrogens (tertiary/aromatic N) is 2.